The van der Waals surface area contributed by atoms with Crippen LogP contribution in [0.25, 0.3) is 0 Å². The third-order valence-corrected chi connectivity index (χ3v) is 6.21. The predicted octanol–water partition coefficient (Wildman–Crippen LogP) is 5.49. The van der Waals surface area contributed by atoms with Crippen molar-refractivity contribution in [2.24, 2.45) is 11.8 Å². The molecular weight excluding hydrogens is 272 g/mol. The zero-order chi connectivity index (χ0) is 15.0. The van der Waals surface area contributed by atoms with E-state index in [0.29, 0.717) is 12.2 Å². The van der Waals surface area contributed by atoms with E-state index in [9.17, 15) is 0 Å². The average Bonchev–Trinajstić information content (AvgIpc) is 2.61. The maximum Gasteiger partial charge on any atom is 0.0577 e. The molecule has 3 aliphatic rings. The first-order valence-electron chi connectivity index (χ1n) is 10.1. The molecule has 3 fully saturated rings. The average molecular weight is 309 g/mol. The molecule has 128 valence electrons. The fourth-order valence-electron chi connectivity index (χ4n) is 4.62. The quantitative estimate of drug-likeness (QED) is 0.646. The molecule has 3 saturated carbocycles. The van der Waals surface area contributed by atoms with Gasteiger partial charge in [0.05, 0.1) is 12.2 Å². The van der Waals surface area contributed by atoms with Gasteiger partial charge in [-0.3, -0.25) is 0 Å². The molecule has 0 aromatic carbocycles. The summed E-state index contributed by atoms with van der Waals surface area (Å²) < 4.78 is 12.4. The van der Waals surface area contributed by atoms with Gasteiger partial charge in [-0.1, -0.05) is 38.5 Å². The van der Waals surface area contributed by atoms with E-state index >= 15 is 0 Å². The molecule has 0 aliphatic heterocycles. The highest BCUT2D eigenvalue weighted by Gasteiger charge is 2.24. The van der Waals surface area contributed by atoms with Gasteiger partial charge in [0.15, 0.2) is 0 Å². The number of hydrogen-bond acceptors (Lipinski definition) is 2. The van der Waals surface area contributed by atoms with Crippen LogP contribution in [0, 0.1) is 11.8 Å². The highest BCUT2D eigenvalue weighted by Crippen LogP contribution is 2.29. The van der Waals surface area contributed by atoms with Crippen LogP contribution < -0.4 is 0 Å². The molecule has 2 heteroatoms. The molecular formula is C20H36O2. The fourth-order valence-corrected chi connectivity index (χ4v) is 4.62. The molecule has 0 amide bonds. The van der Waals surface area contributed by atoms with E-state index < -0.39 is 0 Å². The van der Waals surface area contributed by atoms with Gasteiger partial charge in [-0.05, 0) is 63.2 Å². The Kier molecular flexibility index (Phi) is 7.07. The highest BCUT2D eigenvalue weighted by atomic mass is 16.5. The number of rotatable bonds is 6. The zero-order valence-electron chi connectivity index (χ0n) is 14.4. The molecule has 3 rings (SSSR count). The van der Waals surface area contributed by atoms with Crippen molar-refractivity contribution < 1.29 is 9.47 Å². The predicted molar refractivity (Wildman–Crippen MR) is 91.1 cm³/mol. The Bertz CT molecular complexity index is 254. The maximum absolute atomic E-state index is 6.21. The van der Waals surface area contributed by atoms with Crippen LogP contribution in [0.2, 0.25) is 0 Å². The van der Waals surface area contributed by atoms with E-state index in [1.807, 2.05) is 0 Å². The minimum atomic E-state index is 0.524. The third kappa shape index (κ3) is 5.53. The van der Waals surface area contributed by atoms with Crippen LogP contribution >= 0.6 is 0 Å². The van der Waals surface area contributed by atoms with E-state index in [4.69, 9.17) is 9.47 Å². The monoisotopic (exact) mass is 308 g/mol. The normalized spacial score (nSPS) is 32.2. The number of ether oxygens (including phenoxy) is 2. The second-order valence-corrected chi connectivity index (χ2v) is 8.07. The van der Waals surface area contributed by atoms with Gasteiger partial charge < -0.3 is 9.47 Å². The lowest BCUT2D eigenvalue weighted by atomic mass is 9.89. The Hall–Kier alpha value is -0.0800. The van der Waals surface area contributed by atoms with Crippen LogP contribution in [0.5, 0.6) is 0 Å². The Morgan fingerprint density at radius 2 is 0.818 bits per heavy atom. The Labute approximate surface area is 137 Å². The van der Waals surface area contributed by atoms with Crippen molar-refractivity contribution in [1.29, 1.82) is 0 Å². The first-order chi connectivity index (χ1) is 10.9. The van der Waals surface area contributed by atoms with Gasteiger partial charge in [-0.2, -0.15) is 0 Å². The molecule has 22 heavy (non-hydrogen) atoms. The van der Waals surface area contributed by atoms with Crippen molar-refractivity contribution in [1.82, 2.24) is 0 Å². The lowest BCUT2D eigenvalue weighted by molar-refractivity contribution is -0.0513. The topological polar surface area (TPSA) is 18.5 Å². The molecule has 0 radical (unpaired) electrons. The van der Waals surface area contributed by atoms with Crippen molar-refractivity contribution in [2.75, 3.05) is 13.2 Å². The van der Waals surface area contributed by atoms with Crippen LogP contribution in [-0.4, -0.2) is 25.4 Å². The first kappa shape index (κ1) is 16.8. The van der Waals surface area contributed by atoms with Gasteiger partial charge in [-0.15, -0.1) is 0 Å². The summed E-state index contributed by atoms with van der Waals surface area (Å²) in [6, 6.07) is 0. The zero-order valence-corrected chi connectivity index (χ0v) is 14.4. The molecule has 0 atom stereocenters. The second kappa shape index (κ2) is 9.27. The van der Waals surface area contributed by atoms with Crippen LogP contribution in [0.15, 0.2) is 0 Å². The summed E-state index contributed by atoms with van der Waals surface area (Å²) in [6.07, 6.45) is 20.2. The van der Waals surface area contributed by atoms with E-state index in [2.05, 4.69) is 0 Å². The summed E-state index contributed by atoms with van der Waals surface area (Å²) in [6.45, 7) is 2.05. The Balaban J connectivity index is 1.25. The van der Waals surface area contributed by atoms with Gasteiger partial charge in [0.1, 0.15) is 0 Å². The molecule has 0 bridgehead atoms. The van der Waals surface area contributed by atoms with Crippen molar-refractivity contribution in [3.8, 4) is 0 Å². The first-order valence-corrected chi connectivity index (χ1v) is 10.1. The van der Waals surface area contributed by atoms with Crippen molar-refractivity contribution in [3.63, 3.8) is 0 Å². The molecule has 3 aliphatic carbocycles. The molecule has 0 unspecified atom stereocenters. The molecule has 0 spiro atoms. The molecule has 0 heterocycles. The summed E-state index contributed by atoms with van der Waals surface area (Å²) in [7, 11) is 0. The third-order valence-electron chi connectivity index (χ3n) is 6.21. The number of hydrogen-bond donors (Lipinski definition) is 0. The van der Waals surface area contributed by atoms with Gasteiger partial charge in [-0.25, -0.2) is 0 Å². The highest BCUT2D eigenvalue weighted by molar-refractivity contribution is 4.75. The van der Waals surface area contributed by atoms with E-state index in [1.165, 1.54) is 89.9 Å². The molecule has 0 aromatic heterocycles. The van der Waals surface area contributed by atoms with Crippen LogP contribution in [0.3, 0.4) is 0 Å². The molecule has 0 N–H and O–H groups in total. The van der Waals surface area contributed by atoms with E-state index in [0.717, 1.165) is 25.0 Å². The van der Waals surface area contributed by atoms with E-state index in [-0.39, 0.29) is 0 Å². The van der Waals surface area contributed by atoms with Crippen LogP contribution in [-0.2, 0) is 9.47 Å². The lowest BCUT2D eigenvalue weighted by Crippen LogP contribution is -2.29. The summed E-state index contributed by atoms with van der Waals surface area (Å²) in [5.74, 6) is 1.71. The maximum atomic E-state index is 6.21. The Morgan fingerprint density at radius 1 is 0.455 bits per heavy atom. The van der Waals surface area contributed by atoms with Gasteiger partial charge in [0.2, 0.25) is 0 Å². The largest absolute Gasteiger partial charge is 0.378 e. The molecule has 0 saturated heterocycles. The fraction of sp³-hybridized carbons (Fsp3) is 1.00. The summed E-state index contributed by atoms with van der Waals surface area (Å²) in [5, 5.41) is 0. The van der Waals surface area contributed by atoms with Crippen molar-refractivity contribution in [3.05, 3.63) is 0 Å². The van der Waals surface area contributed by atoms with Gasteiger partial charge in [0.25, 0.3) is 0 Å². The van der Waals surface area contributed by atoms with Gasteiger partial charge >= 0.3 is 0 Å². The molecule has 0 aromatic rings. The summed E-state index contributed by atoms with van der Waals surface area (Å²) >= 11 is 0. The lowest BCUT2D eigenvalue weighted by Gasteiger charge is -2.32. The summed E-state index contributed by atoms with van der Waals surface area (Å²) in [4.78, 5) is 0. The van der Waals surface area contributed by atoms with Crippen molar-refractivity contribution in [2.45, 2.75) is 102 Å². The van der Waals surface area contributed by atoms with Gasteiger partial charge in [0, 0.05) is 13.2 Å². The molecule has 2 nitrogen and oxygen atoms in total. The summed E-state index contributed by atoms with van der Waals surface area (Å²) in [5.41, 5.74) is 0. The standard InChI is InChI=1S/C20H36O2/c1-3-7-17(8-4-1)15-21-19-11-13-20(14-12-19)22-16-18-9-5-2-6-10-18/h17-20H,1-16H2. The minimum Gasteiger partial charge on any atom is -0.378 e. The van der Waals surface area contributed by atoms with Crippen LogP contribution in [0.4, 0.5) is 0 Å². The minimum absolute atomic E-state index is 0.524. The Morgan fingerprint density at radius 3 is 1.18 bits per heavy atom. The van der Waals surface area contributed by atoms with Crippen molar-refractivity contribution >= 4 is 0 Å². The second-order valence-electron chi connectivity index (χ2n) is 8.07. The van der Waals surface area contributed by atoms with Crippen LogP contribution in [0.1, 0.15) is 89.9 Å². The van der Waals surface area contributed by atoms with E-state index in [1.54, 1.807) is 0 Å². The SMILES string of the molecule is C1CCC(COC2CCC(OCC3CCCCC3)CC2)CC1. The smallest absolute Gasteiger partial charge is 0.0577 e.